The lowest BCUT2D eigenvalue weighted by atomic mass is 9.97. The molecule has 1 aromatic rings. The van der Waals surface area contributed by atoms with Crippen molar-refractivity contribution >= 4 is 12.0 Å². The van der Waals surface area contributed by atoms with E-state index in [1.54, 1.807) is 17.0 Å². The molecule has 2 amide bonds. The van der Waals surface area contributed by atoms with Gasteiger partial charge in [-0.2, -0.15) is 13.2 Å². The quantitative estimate of drug-likeness (QED) is 0.696. The Kier molecular flexibility index (Phi) is 7.37. The van der Waals surface area contributed by atoms with Crippen molar-refractivity contribution in [1.82, 2.24) is 15.1 Å². The van der Waals surface area contributed by atoms with E-state index in [1.165, 1.54) is 12.8 Å². The summed E-state index contributed by atoms with van der Waals surface area (Å²) in [7, 11) is 0. The molecule has 0 radical (unpaired) electrons. The fraction of sp³-hybridized carbons (Fsp3) is 0.652. The average molecular weight is 456 g/mol. The normalized spacial score (nSPS) is 18.9. The van der Waals surface area contributed by atoms with Crippen LogP contribution in [0.5, 0.6) is 0 Å². The molecule has 0 aromatic heterocycles. The van der Waals surface area contributed by atoms with Crippen molar-refractivity contribution in [1.29, 1.82) is 0 Å². The molecule has 6 nitrogen and oxygen atoms in total. The van der Waals surface area contributed by atoms with Crippen molar-refractivity contribution in [2.24, 2.45) is 5.92 Å². The van der Waals surface area contributed by atoms with Gasteiger partial charge in [0.25, 0.3) is 0 Å². The number of amides is 2. The highest BCUT2D eigenvalue weighted by Gasteiger charge is 2.38. The molecule has 1 N–H and O–H groups in total. The number of nitrogens with zero attached hydrogens (tertiary/aromatic N) is 2. The molecule has 1 aromatic carbocycles. The molecule has 2 fully saturated rings. The second-order valence-electron chi connectivity index (χ2n) is 9.62. The van der Waals surface area contributed by atoms with Crippen molar-refractivity contribution in [2.45, 2.75) is 64.4 Å². The maximum atomic E-state index is 12.4. The zero-order valence-corrected chi connectivity index (χ0v) is 18.9. The molecule has 2 aliphatic rings. The number of halogens is 3. The first kappa shape index (κ1) is 24.4. The molecular weight excluding hydrogens is 423 g/mol. The first-order valence-electron chi connectivity index (χ1n) is 11.1. The van der Waals surface area contributed by atoms with Crippen LogP contribution in [0.1, 0.15) is 57.2 Å². The largest absolute Gasteiger partial charge is 0.471 e. The summed E-state index contributed by atoms with van der Waals surface area (Å²) in [6.07, 6.45) is -1.71. The van der Waals surface area contributed by atoms with Gasteiger partial charge in [-0.1, -0.05) is 37.1 Å². The van der Waals surface area contributed by atoms with Crippen molar-refractivity contribution in [3.05, 3.63) is 35.4 Å². The molecular formula is C23H32F3N3O3. The Bertz CT molecular complexity index is 793. The molecule has 1 unspecified atom stereocenters. The predicted octanol–water partition coefficient (Wildman–Crippen LogP) is 4.26. The van der Waals surface area contributed by atoms with Gasteiger partial charge in [0.05, 0.1) is 0 Å². The van der Waals surface area contributed by atoms with Gasteiger partial charge in [0.2, 0.25) is 0 Å². The number of rotatable bonds is 6. The fourth-order valence-electron chi connectivity index (χ4n) is 3.85. The summed E-state index contributed by atoms with van der Waals surface area (Å²) in [6.45, 7) is 8.05. The molecule has 1 aliphatic heterocycles. The van der Waals surface area contributed by atoms with E-state index in [4.69, 9.17) is 4.74 Å². The van der Waals surface area contributed by atoms with Gasteiger partial charge in [-0.25, -0.2) is 4.79 Å². The Morgan fingerprint density at radius 3 is 2.16 bits per heavy atom. The molecule has 9 heteroatoms. The number of piperazine rings is 1. The van der Waals surface area contributed by atoms with Crippen LogP contribution in [-0.2, 0) is 16.1 Å². The number of alkyl halides is 3. The van der Waals surface area contributed by atoms with Gasteiger partial charge < -0.3 is 15.0 Å². The van der Waals surface area contributed by atoms with Crippen molar-refractivity contribution < 1.29 is 27.5 Å². The maximum absolute atomic E-state index is 12.4. The van der Waals surface area contributed by atoms with Gasteiger partial charge in [0.15, 0.2) is 0 Å². The fourth-order valence-corrected chi connectivity index (χ4v) is 3.85. The third kappa shape index (κ3) is 7.12. The van der Waals surface area contributed by atoms with Gasteiger partial charge in [-0.15, -0.1) is 0 Å². The maximum Gasteiger partial charge on any atom is 0.471 e. The van der Waals surface area contributed by atoms with Crippen LogP contribution in [0.15, 0.2) is 24.3 Å². The summed E-state index contributed by atoms with van der Waals surface area (Å²) in [5, 5.41) is 1.90. The van der Waals surface area contributed by atoms with E-state index < -0.39 is 17.7 Å². The number of hydrogen-bond donors (Lipinski definition) is 1. The summed E-state index contributed by atoms with van der Waals surface area (Å²) in [5.74, 6) is -1.24. The zero-order chi connectivity index (χ0) is 23.5. The minimum Gasteiger partial charge on any atom is -0.444 e. The second-order valence-corrected chi connectivity index (χ2v) is 9.62. The predicted molar refractivity (Wildman–Crippen MR) is 114 cm³/mol. The van der Waals surface area contributed by atoms with E-state index >= 15 is 0 Å². The van der Waals surface area contributed by atoms with Crippen LogP contribution in [0.25, 0.3) is 0 Å². The Hall–Kier alpha value is -2.29. The van der Waals surface area contributed by atoms with Crippen LogP contribution in [0.3, 0.4) is 0 Å². The number of benzene rings is 1. The van der Waals surface area contributed by atoms with Gasteiger partial charge in [0.1, 0.15) is 5.60 Å². The zero-order valence-electron chi connectivity index (χ0n) is 18.9. The van der Waals surface area contributed by atoms with E-state index in [0.717, 1.165) is 25.1 Å². The Morgan fingerprint density at radius 1 is 1.06 bits per heavy atom. The van der Waals surface area contributed by atoms with Crippen LogP contribution in [0.2, 0.25) is 0 Å². The minimum absolute atomic E-state index is 0.166. The van der Waals surface area contributed by atoms with E-state index in [0.29, 0.717) is 24.6 Å². The van der Waals surface area contributed by atoms with Gasteiger partial charge in [0, 0.05) is 38.8 Å². The molecule has 3 rings (SSSR count). The highest BCUT2D eigenvalue weighted by atomic mass is 19.4. The lowest BCUT2D eigenvalue weighted by Crippen LogP contribution is -2.50. The first-order valence-corrected chi connectivity index (χ1v) is 11.1. The van der Waals surface area contributed by atoms with E-state index in [2.05, 4.69) is 4.90 Å². The lowest BCUT2D eigenvalue weighted by molar-refractivity contribution is -0.173. The molecule has 0 spiro atoms. The summed E-state index contributed by atoms with van der Waals surface area (Å²) < 4.78 is 42.6. The van der Waals surface area contributed by atoms with Gasteiger partial charge in [-0.05, 0) is 44.2 Å². The second kappa shape index (κ2) is 9.68. The third-order valence-electron chi connectivity index (χ3n) is 5.74. The molecule has 1 atom stereocenters. The molecule has 32 heavy (non-hydrogen) atoms. The van der Waals surface area contributed by atoms with E-state index in [1.807, 2.05) is 38.2 Å². The molecule has 1 heterocycles. The van der Waals surface area contributed by atoms with E-state index in [9.17, 15) is 22.8 Å². The Balaban J connectivity index is 1.60. The standard InChI is InChI=1S/C23H32F3N3O3/c1-22(2,3)32-21(31)29-12-10-28(11-13-29)19(14-16-4-5-16)18-8-6-17(7-9-18)15-27-20(30)23(24,25)26/h6-9,16,19H,4-5,10-15H2,1-3H3,(H,27,30). The van der Waals surface area contributed by atoms with Gasteiger partial charge >= 0.3 is 18.2 Å². The van der Waals surface area contributed by atoms with Crippen LogP contribution >= 0.6 is 0 Å². The number of hydrogen-bond acceptors (Lipinski definition) is 4. The summed E-state index contributed by atoms with van der Waals surface area (Å²) >= 11 is 0. The molecule has 1 aliphatic carbocycles. The number of ether oxygens (including phenoxy) is 1. The average Bonchev–Trinajstić information content (AvgIpc) is 3.53. The number of nitrogens with one attached hydrogen (secondary N) is 1. The highest BCUT2D eigenvalue weighted by Crippen LogP contribution is 2.40. The smallest absolute Gasteiger partial charge is 0.444 e. The van der Waals surface area contributed by atoms with Crippen molar-refractivity contribution in [2.75, 3.05) is 26.2 Å². The third-order valence-corrected chi connectivity index (χ3v) is 5.74. The van der Waals surface area contributed by atoms with Crippen molar-refractivity contribution in [3.63, 3.8) is 0 Å². The molecule has 0 bridgehead atoms. The van der Waals surface area contributed by atoms with E-state index in [-0.39, 0.29) is 18.7 Å². The number of carbonyl (C=O) groups is 2. The Labute approximate surface area is 187 Å². The monoisotopic (exact) mass is 455 g/mol. The van der Waals surface area contributed by atoms with Crippen LogP contribution in [-0.4, -0.2) is 59.8 Å². The van der Waals surface area contributed by atoms with Gasteiger partial charge in [-0.3, -0.25) is 9.69 Å². The molecule has 178 valence electrons. The Morgan fingerprint density at radius 2 is 1.66 bits per heavy atom. The van der Waals surface area contributed by atoms with Crippen LogP contribution in [0.4, 0.5) is 18.0 Å². The SMILES string of the molecule is CC(C)(C)OC(=O)N1CCN(C(CC2CC2)c2ccc(CNC(=O)C(F)(F)F)cc2)CC1. The molecule has 1 saturated carbocycles. The molecule has 1 saturated heterocycles. The van der Waals surface area contributed by atoms with Crippen LogP contribution < -0.4 is 5.32 Å². The van der Waals surface area contributed by atoms with Crippen molar-refractivity contribution in [3.8, 4) is 0 Å². The topological polar surface area (TPSA) is 61.9 Å². The number of carbonyl (C=O) groups excluding carboxylic acids is 2. The highest BCUT2D eigenvalue weighted by molar-refractivity contribution is 5.81. The summed E-state index contributed by atoms with van der Waals surface area (Å²) in [4.78, 5) is 27.5. The summed E-state index contributed by atoms with van der Waals surface area (Å²) in [5.41, 5.74) is 1.20. The summed E-state index contributed by atoms with van der Waals surface area (Å²) in [6, 6.07) is 7.60. The van der Waals surface area contributed by atoms with Crippen LogP contribution in [0, 0.1) is 5.92 Å². The first-order chi connectivity index (χ1) is 14.9. The minimum atomic E-state index is -4.88. The lowest BCUT2D eigenvalue weighted by Gasteiger charge is -2.40.